The maximum Gasteiger partial charge on any atom is 0.338 e. The summed E-state index contributed by atoms with van der Waals surface area (Å²) in [5, 5.41) is 16.5. The van der Waals surface area contributed by atoms with Crippen LogP contribution in [-0.4, -0.2) is 17.0 Å². The molecule has 2 rings (SSSR count). The van der Waals surface area contributed by atoms with Crippen LogP contribution in [0.15, 0.2) is 28.3 Å². The summed E-state index contributed by atoms with van der Waals surface area (Å²) in [4.78, 5) is 23.5. The number of carboxylic acid groups (broad SMARTS) is 1. The maximum atomic E-state index is 11.7. The fourth-order valence-corrected chi connectivity index (χ4v) is 2.78. The number of hydrogen-bond donors (Lipinski definition) is 2. The number of amides is 1. The lowest BCUT2D eigenvalue weighted by Gasteiger charge is -2.03. The quantitative estimate of drug-likeness (QED) is 0.895. The van der Waals surface area contributed by atoms with E-state index in [0.29, 0.717) is 5.69 Å². The molecule has 0 saturated heterocycles. The number of carbonyl (C=O) groups is 2. The van der Waals surface area contributed by atoms with Crippen molar-refractivity contribution in [1.82, 2.24) is 0 Å². The number of aromatic carboxylic acids is 1. The summed E-state index contributed by atoms with van der Waals surface area (Å²) in [5.41, 5.74) is 0.499. The third-order valence-electron chi connectivity index (χ3n) is 2.08. The average molecular weight is 267 g/mol. The van der Waals surface area contributed by atoms with Crippen LogP contribution >= 0.6 is 22.7 Å². The summed E-state index contributed by atoms with van der Waals surface area (Å²) >= 11 is 2.75. The molecule has 0 atom stereocenters. The van der Waals surface area contributed by atoms with Gasteiger partial charge in [0, 0.05) is 15.6 Å². The van der Waals surface area contributed by atoms with Crippen molar-refractivity contribution < 1.29 is 14.7 Å². The lowest BCUT2D eigenvalue weighted by Crippen LogP contribution is -2.15. The molecule has 0 radical (unpaired) electrons. The van der Waals surface area contributed by atoms with Crippen LogP contribution in [0.25, 0.3) is 0 Å². The summed E-state index contributed by atoms with van der Waals surface area (Å²) in [5.74, 6) is -1.23. The monoisotopic (exact) mass is 267 g/mol. The molecule has 0 aliphatic heterocycles. The van der Waals surface area contributed by atoms with E-state index in [0.717, 1.165) is 4.88 Å². The van der Waals surface area contributed by atoms with Gasteiger partial charge >= 0.3 is 5.97 Å². The van der Waals surface area contributed by atoms with E-state index in [1.165, 1.54) is 28.1 Å². The summed E-state index contributed by atoms with van der Waals surface area (Å²) in [6, 6.07) is 3.75. The smallest absolute Gasteiger partial charge is 0.338 e. The molecule has 88 valence electrons. The second kappa shape index (κ2) is 5.11. The first-order valence-electron chi connectivity index (χ1n) is 4.78. The molecule has 2 N–H and O–H groups in total. The van der Waals surface area contributed by atoms with Gasteiger partial charge in [-0.15, -0.1) is 22.7 Å². The highest BCUT2D eigenvalue weighted by Gasteiger charge is 2.13. The van der Waals surface area contributed by atoms with E-state index in [4.69, 9.17) is 5.11 Å². The van der Waals surface area contributed by atoms with E-state index >= 15 is 0 Å². The van der Waals surface area contributed by atoms with Crippen molar-refractivity contribution in [3.8, 4) is 0 Å². The molecule has 0 fully saturated rings. The number of carboxylic acids is 1. The van der Waals surface area contributed by atoms with Crippen LogP contribution in [0.2, 0.25) is 0 Å². The normalized spacial score (nSPS) is 10.1. The molecule has 1 amide bonds. The topological polar surface area (TPSA) is 66.4 Å². The molecule has 2 aromatic rings. The van der Waals surface area contributed by atoms with Gasteiger partial charge in [-0.25, -0.2) is 4.79 Å². The SMILES string of the molecule is O=C(Cc1cccs1)Nc1cscc1C(=O)O. The molecular weight excluding hydrogens is 258 g/mol. The minimum Gasteiger partial charge on any atom is -0.478 e. The van der Waals surface area contributed by atoms with E-state index in [1.54, 1.807) is 5.38 Å². The van der Waals surface area contributed by atoms with Crippen molar-refractivity contribution >= 4 is 40.2 Å². The maximum absolute atomic E-state index is 11.7. The average Bonchev–Trinajstić information content (AvgIpc) is 2.88. The van der Waals surface area contributed by atoms with Gasteiger partial charge < -0.3 is 10.4 Å². The Bertz CT molecular complexity index is 531. The van der Waals surface area contributed by atoms with Crippen LogP contribution in [-0.2, 0) is 11.2 Å². The summed E-state index contributed by atoms with van der Waals surface area (Å²) < 4.78 is 0. The van der Waals surface area contributed by atoms with Gasteiger partial charge in [0.1, 0.15) is 0 Å². The molecule has 0 spiro atoms. The zero-order valence-electron chi connectivity index (χ0n) is 8.67. The van der Waals surface area contributed by atoms with Gasteiger partial charge in [0.15, 0.2) is 0 Å². The van der Waals surface area contributed by atoms with Crippen LogP contribution in [0.3, 0.4) is 0 Å². The Morgan fingerprint density at radius 2 is 2.18 bits per heavy atom. The lowest BCUT2D eigenvalue weighted by molar-refractivity contribution is -0.115. The highest BCUT2D eigenvalue weighted by molar-refractivity contribution is 7.10. The molecule has 0 aromatic carbocycles. The third kappa shape index (κ3) is 2.92. The Kier molecular flexibility index (Phi) is 3.55. The van der Waals surface area contributed by atoms with Gasteiger partial charge in [0.2, 0.25) is 5.91 Å². The highest BCUT2D eigenvalue weighted by atomic mass is 32.1. The molecule has 17 heavy (non-hydrogen) atoms. The number of hydrogen-bond acceptors (Lipinski definition) is 4. The van der Waals surface area contributed by atoms with Crippen LogP contribution in [0.4, 0.5) is 5.69 Å². The number of thiophene rings is 2. The van der Waals surface area contributed by atoms with Crippen LogP contribution in [0.5, 0.6) is 0 Å². The van der Waals surface area contributed by atoms with Crippen molar-refractivity contribution in [3.63, 3.8) is 0 Å². The van der Waals surface area contributed by atoms with Crippen molar-refractivity contribution in [2.45, 2.75) is 6.42 Å². The van der Waals surface area contributed by atoms with Gasteiger partial charge in [-0.3, -0.25) is 4.79 Å². The van der Waals surface area contributed by atoms with Gasteiger partial charge in [0.25, 0.3) is 0 Å². The van der Waals surface area contributed by atoms with E-state index in [2.05, 4.69) is 5.32 Å². The van der Waals surface area contributed by atoms with E-state index in [9.17, 15) is 9.59 Å². The standard InChI is InChI=1S/C11H9NO3S2/c13-10(4-7-2-1-3-17-7)12-9-6-16-5-8(9)11(14)15/h1-3,5-6H,4H2,(H,12,13)(H,14,15). The predicted octanol–water partition coefficient (Wildman–Crippen LogP) is 2.69. The van der Waals surface area contributed by atoms with Crippen LogP contribution < -0.4 is 5.32 Å². The molecule has 0 aliphatic carbocycles. The molecule has 4 nitrogen and oxygen atoms in total. The van der Waals surface area contributed by atoms with Crippen LogP contribution in [0.1, 0.15) is 15.2 Å². The van der Waals surface area contributed by atoms with Gasteiger partial charge in [-0.05, 0) is 11.4 Å². The Morgan fingerprint density at radius 1 is 1.35 bits per heavy atom. The summed E-state index contributed by atoms with van der Waals surface area (Å²) in [7, 11) is 0. The van der Waals surface area contributed by atoms with Gasteiger partial charge in [0.05, 0.1) is 17.7 Å². The minimum atomic E-state index is -1.03. The Morgan fingerprint density at radius 3 is 2.82 bits per heavy atom. The zero-order chi connectivity index (χ0) is 12.3. The first kappa shape index (κ1) is 11.8. The molecule has 0 unspecified atom stereocenters. The van der Waals surface area contributed by atoms with Gasteiger partial charge in [-0.2, -0.15) is 0 Å². The van der Waals surface area contributed by atoms with E-state index in [1.807, 2.05) is 17.5 Å². The van der Waals surface area contributed by atoms with Crippen molar-refractivity contribution in [3.05, 3.63) is 38.7 Å². The molecule has 0 saturated carbocycles. The molecule has 2 heterocycles. The number of nitrogens with one attached hydrogen (secondary N) is 1. The Hall–Kier alpha value is -1.66. The van der Waals surface area contributed by atoms with Crippen molar-refractivity contribution in [1.29, 1.82) is 0 Å². The molecule has 0 bridgehead atoms. The van der Waals surface area contributed by atoms with Crippen molar-refractivity contribution in [2.24, 2.45) is 0 Å². The third-order valence-corrected chi connectivity index (χ3v) is 3.70. The number of anilines is 1. The first-order chi connectivity index (χ1) is 8.16. The molecule has 0 aliphatic rings. The summed E-state index contributed by atoms with van der Waals surface area (Å²) in [6.07, 6.45) is 0.270. The van der Waals surface area contributed by atoms with E-state index in [-0.39, 0.29) is 17.9 Å². The molecular formula is C11H9NO3S2. The lowest BCUT2D eigenvalue weighted by atomic mass is 10.2. The first-order valence-corrected chi connectivity index (χ1v) is 6.61. The Labute approximate surface area is 106 Å². The fraction of sp³-hybridized carbons (Fsp3) is 0.0909. The molecule has 2 aromatic heterocycles. The minimum absolute atomic E-state index is 0.134. The number of carbonyl (C=O) groups excluding carboxylic acids is 1. The summed E-state index contributed by atoms with van der Waals surface area (Å²) in [6.45, 7) is 0. The number of rotatable bonds is 4. The Balaban J connectivity index is 2.03. The second-order valence-electron chi connectivity index (χ2n) is 3.31. The molecule has 6 heteroatoms. The zero-order valence-corrected chi connectivity index (χ0v) is 10.3. The fourth-order valence-electron chi connectivity index (χ4n) is 1.33. The predicted molar refractivity (Wildman–Crippen MR) is 67.9 cm³/mol. The van der Waals surface area contributed by atoms with Crippen molar-refractivity contribution in [2.75, 3.05) is 5.32 Å². The largest absolute Gasteiger partial charge is 0.478 e. The van der Waals surface area contributed by atoms with Gasteiger partial charge in [-0.1, -0.05) is 6.07 Å². The highest BCUT2D eigenvalue weighted by Crippen LogP contribution is 2.21. The van der Waals surface area contributed by atoms with E-state index < -0.39 is 5.97 Å². The second-order valence-corrected chi connectivity index (χ2v) is 5.08. The van der Waals surface area contributed by atoms with Crippen LogP contribution in [0, 0.1) is 0 Å².